The number of carbonyl (C=O) groups is 1. The molecule has 0 aliphatic carbocycles. The first-order valence-electron chi connectivity index (χ1n) is 9.25. The summed E-state index contributed by atoms with van der Waals surface area (Å²) in [6, 6.07) is 21.8. The minimum atomic E-state index is -0.370. The number of H-pyrrole nitrogens is 1. The molecule has 0 fully saturated rings. The lowest BCUT2D eigenvalue weighted by Gasteiger charge is -2.11. The summed E-state index contributed by atoms with van der Waals surface area (Å²) in [7, 11) is 0. The molecule has 0 bridgehead atoms. The first kappa shape index (κ1) is 17.6. The Hall–Kier alpha value is -3.45. The number of fused-ring (bicyclic) bond motifs is 4. The minimum Gasteiger partial charge on any atom is -0.338 e. The molecule has 29 heavy (non-hydrogen) atoms. The van der Waals surface area contributed by atoms with E-state index in [9.17, 15) is 4.79 Å². The van der Waals surface area contributed by atoms with Crippen LogP contribution in [0.3, 0.4) is 0 Å². The molecule has 2 N–H and O–H groups in total. The van der Waals surface area contributed by atoms with Gasteiger partial charge in [0.2, 0.25) is 11.1 Å². The predicted molar refractivity (Wildman–Crippen MR) is 117 cm³/mol. The van der Waals surface area contributed by atoms with E-state index >= 15 is 0 Å². The van der Waals surface area contributed by atoms with Gasteiger partial charge in [-0.3, -0.25) is 4.79 Å². The number of amides is 1. The largest absolute Gasteiger partial charge is 0.338 e. The Morgan fingerprint density at radius 3 is 2.69 bits per heavy atom. The van der Waals surface area contributed by atoms with Crippen molar-refractivity contribution in [2.45, 2.75) is 17.3 Å². The number of carbonyl (C=O) groups excluding carboxylic acids is 1. The summed E-state index contributed by atoms with van der Waals surface area (Å²) < 4.78 is 0. The molecule has 0 radical (unpaired) electrons. The van der Waals surface area contributed by atoms with E-state index in [-0.39, 0.29) is 11.2 Å². The van der Waals surface area contributed by atoms with Crippen LogP contribution in [0.25, 0.3) is 32.8 Å². The molecule has 1 amide bonds. The molecule has 5 rings (SSSR count). The monoisotopic (exact) mass is 399 g/mol. The fourth-order valence-corrected chi connectivity index (χ4v) is 3.99. The molecule has 7 heteroatoms. The van der Waals surface area contributed by atoms with Gasteiger partial charge < -0.3 is 10.3 Å². The molecule has 5 aromatic rings. The van der Waals surface area contributed by atoms with Crippen LogP contribution in [-0.4, -0.2) is 31.3 Å². The van der Waals surface area contributed by atoms with E-state index in [4.69, 9.17) is 0 Å². The number of thioether (sulfide) groups is 1. The van der Waals surface area contributed by atoms with Crippen molar-refractivity contribution in [3.05, 3.63) is 66.7 Å². The second-order valence-corrected chi connectivity index (χ2v) is 8.08. The highest BCUT2D eigenvalue weighted by atomic mass is 32.2. The summed E-state index contributed by atoms with van der Waals surface area (Å²) in [5.41, 5.74) is 3.14. The van der Waals surface area contributed by atoms with Gasteiger partial charge in [-0.15, -0.1) is 10.2 Å². The van der Waals surface area contributed by atoms with Gasteiger partial charge >= 0.3 is 0 Å². The first-order chi connectivity index (χ1) is 14.2. The van der Waals surface area contributed by atoms with Crippen LogP contribution in [0, 0.1) is 0 Å². The number of hydrogen-bond donors (Lipinski definition) is 2. The molecule has 0 spiro atoms. The number of anilines is 1. The van der Waals surface area contributed by atoms with Crippen molar-refractivity contribution in [3.63, 3.8) is 0 Å². The third-order valence-electron chi connectivity index (χ3n) is 4.77. The van der Waals surface area contributed by atoms with Gasteiger partial charge in [-0.2, -0.15) is 0 Å². The molecule has 3 aromatic carbocycles. The zero-order chi connectivity index (χ0) is 19.8. The number of benzene rings is 3. The maximum absolute atomic E-state index is 12.6. The van der Waals surface area contributed by atoms with E-state index in [2.05, 4.69) is 25.5 Å². The van der Waals surface area contributed by atoms with Crippen LogP contribution in [0.2, 0.25) is 0 Å². The Morgan fingerprint density at radius 2 is 1.79 bits per heavy atom. The van der Waals surface area contributed by atoms with Gasteiger partial charge in [0, 0.05) is 16.6 Å². The lowest BCUT2D eigenvalue weighted by atomic mass is 10.1. The van der Waals surface area contributed by atoms with Crippen molar-refractivity contribution in [2.75, 3.05) is 5.32 Å². The van der Waals surface area contributed by atoms with E-state index in [1.165, 1.54) is 11.8 Å². The Kier molecular flexibility index (Phi) is 4.37. The van der Waals surface area contributed by atoms with Crippen LogP contribution in [0.4, 0.5) is 5.69 Å². The first-order valence-corrected chi connectivity index (χ1v) is 10.1. The van der Waals surface area contributed by atoms with Gasteiger partial charge in [0.15, 0.2) is 5.65 Å². The van der Waals surface area contributed by atoms with E-state index in [0.29, 0.717) is 10.8 Å². The predicted octanol–water partition coefficient (Wildman–Crippen LogP) is 4.78. The number of aromatic nitrogens is 4. The van der Waals surface area contributed by atoms with Gasteiger partial charge in [-0.25, -0.2) is 4.98 Å². The molecule has 0 aliphatic rings. The number of nitrogens with zero attached hydrogens (tertiary/aromatic N) is 3. The molecule has 0 saturated heterocycles. The van der Waals surface area contributed by atoms with Gasteiger partial charge in [0.25, 0.3) is 0 Å². The topological polar surface area (TPSA) is 83.6 Å². The van der Waals surface area contributed by atoms with E-state index < -0.39 is 0 Å². The molecule has 1 atom stereocenters. The lowest BCUT2D eigenvalue weighted by molar-refractivity contribution is -0.115. The Morgan fingerprint density at radius 1 is 1.00 bits per heavy atom. The SMILES string of the molecule is C[C@@H](Sc1nnc2c(n1)[nH]c1ccccc12)C(=O)Nc1ccc2ccccc2c1. The summed E-state index contributed by atoms with van der Waals surface area (Å²) in [6.45, 7) is 1.83. The van der Waals surface area contributed by atoms with Crippen molar-refractivity contribution in [2.24, 2.45) is 0 Å². The van der Waals surface area contributed by atoms with Crippen molar-refractivity contribution in [3.8, 4) is 0 Å². The maximum Gasteiger partial charge on any atom is 0.237 e. The zero-order valence-electron chi connectivity index (χ0n) is 15.6. The van der Waals surface area contributed by atoms with E-state index in [1.54, 1.807) is 0 Å². The van der Waals surface area contributed by atoms with Gasteiger partial charge in [0.1, 0.15) is 5.52 Å². The molecular weight excluding hydrogens is 382 g/mol. The fourth-order valence-electron chi connectivity index (χ4n) is 3.28. The van der Waals surface area contributed by atoms with Crippen molar-refractivity contribution < 1.29 is 4.79 Å². The van der Waals surface area contributed by atoms with Gasteiger partial charge in [0.05, 0.1) is 5.25 Å². The number of rotatable bonds is 4. The van der Waals surface area contributed by atoms with Crippen molar-refractivity contribution >= 4 is 56.2 Å². The highest BCUT2D eigenvalue weighted by Crippen LogP contribution is 2.26. The number of hydrogen-bond acceptors (Lipinski definition) is 5. The van der Waals surface area contributed by atoms with Crippen LogP contribution >= 0.6 is 11.8 Å². The molecule has 6 nitrogen and oxygen atoms in total. The molecule has 2 heterocycles. The van der Waals surface area contributed by atoms with Crippen LogP contribution in [0.5, 0.6) is 0 Å². The summed E-state index contributed by atoms with van der Waals surface area (Å²) >= 11 is 1.28. The van der Waals surface area contributed by atoms with E-state index in [1.807, 2.05) is 73.7 Å². The average Bonchev–Trinajstić information content (AvgIpc) is 3.11. The quantitative estimate of drug-likeness (QED) is 0.425. The third-order valence-corrected chi connectivity index (χ3v) is 5.72. The molecule has 142 valence electrons. The summed E-state index contributed by atoms with van der Waals surface area (Å²) in [4.78, 5) is 20.4. The lowest BCUT2D eigenvalue weighted by Crippen LogP contribution is -2.22. The summed E-state index contributed by atoms with van der Waals surface area (Å²) in [5, 5.41) is 14.8. The smallest absolute Gasteiger partial charge is 0.237 e. The number of para-hydroxylation sites is 1. The average molecular weight is 399 g/mol. The molecular formula is C22H17N5OS. The second-order valence-electron chi connectivity index (χ2n) is 6.77. The zero-order valence-corrected chi connectivity index (χ0v) is 16.4. The highest BCUT2D eigenvalue weighted by Gasteiger charge is 2.18. The van der Waals surface area contributed by atoms with Gasteiger partial charge in [-0.1, -0.05) is 60.3 Å². The normalized spacial score (nSPS) is 12.4. The summed E-state index contributed by atoms with van der Waals surface area (Å²) in [5.74, 6) is -0.106. The van der Waals surface area contributed by atoms with E-state index in [0.717, 1.165) is 32.9 Å². The van der Waals surface area contributed by atoms with Crippen LogP contribution in [0.15, 0.2) is 71.9 Å². The second kappa shape index (κ2) is 7.18. The Bertz CT molecular complexity index is 1360. The fraction of sp³-hybridized carbons (Fsp3) is 0.0909. The maximum atomic E-state index is 12.6. The Labute approximate surface area is 170 Å². The molecule has 0 unspecified atom stereocenters. The minimum absolute atomic E-state index is 0.106. The van der Waals surface area contributed by atoms with Crippen LogP contribution in [0.1, 0.15) is 6.92 Å². The van der Waals surface area contributed by atoms with Crippen LogP contribution < -0.4 is 5.32 Å². The van der Waals surface area contributed by atoms with Crippen molar-refractivity contribution in [1.29, 1.82) is 0 Å². The van der Waals surface area contributed by atoms with Gasteiger partial charge in [-0.05, 0) is 35.9 Å². The van der Waals surface area contributed by atoms with Crippen molar-refractivity contribution in [1.82, 2.24) is 20.2 Å². The number of aromatic amines is 1. The highest BCUT2D eigenvalue weighted by molar-refractivity contribution is 8.00. The number of nitrogens with one attached hydrogen (secondary N) is 2. The summed E-state index contributed by atoms with van der Waals surface area (Å²) in [6.07, 6.45) is 0. The van der Waals surface area contributed by atoms with Crippen LogP contribution in [-0.2, 0) is 4.79 Å². The molecule has 0 saturated carbocycles. The third kappa shape index (κ3) is 3.40. The molecule has 0 aliphatic heterocycles. The standard InChI is InChI=1S/C22H17N5OS/c1-13(21(28)23-16-11-10-14-6-2-3-7-15(14)12-16)29-22-25-20-19(26-27-22)17-8-4-5-9-18(17)24-20/h2-13H,1H3,(H,23,28)(H,24,25,27)/t13-/m1/s1. The Balaban J connectivity index is 1.33. The molecule has 2 aromatic heterocycles.